The fourth-order valence-corrected chi connectivity index (χ4v) is 2.80. The standard InChI is InChI=1S/C14H21N5OS/c1-7-6-9-10(17-13(15)18-12(9)21-7)16-8(2)11(20)19-14(3,4)5/h6,8H,1-5H3,(H,19,20)(H3,15,16,17,18). The number of anilines is 2. The number of rotatable bonds is 3. The summed E-state index contributed by atoms with van der Waals surface area (Å²) in [4.78, 5) is 22.5. The molecule has 21 heavy (non-hydrogen) atoms. The van der Waals surface area contributed by atoms with Gasteiger partial charge in [-0.15, -0.1) is 11.3 Å². The van der Waals surface area contributed by atoms with Gasteiger partial charge in [0, 0.05) is 10.4 Å². The second-order valence-electron chi connectivity index (χ2n) is 6.11. The molecule has 0 bridgehead atoms. The molecule has 0 radical (unpaired) electrons. The van der Waals surface area contributed by atoms with Crippen molar-refractivity contribution in [1.29, 1.82) is 0 Å². The number of nitrogens with two attached hydrogens (primary N) is 1. The van der Waals surface area contributed by atoms with Crippen LogP contribution in [0.15, 0.2) is 6.07 Å². The summed E-state index contributed by atoms with van der Waals surface area (Å²) in [7, 11) is 0. The van der Waals surface area contributed by atoms with Crippen molar-refractivity contribution in [3.8, 4) is 0 Å². The molecule has 6 nitrogen and oxygen atoms in total. The predicted octanol–water partition coefficient (Wildman–Crippen LogP) is 2.30. The number of nitrogens with one attached hydrogen (secondary N) is 2. The molecule has 0 aliphatic heterocycles. The molecule has 0 aliphatic rings. The average Bonchev–Trinajstić information content (AvgIpc) is 2.67. The van der Waals surface area contributed by atoms with Gasteiger partial charge >= 0.3 is 0 Å². The van der Waals surface area contributed by atoms with Crippen molar-refractivity contribution in [3.63, 3.8) is 0 Å². The molecular formula is C14H21N5OS. The number of hydrogen-bond acceptors (Lipinski definition) is 6. The van der Waals surface area contributed by atoms with Crippen LogP contribution in [0.3, 0.4) is 0 Å². The van der Waals surface area contributed by atoms with Gasteiger partial charge in [0.1, 0.15) is 16.7 Å². The second-order valence-corrected chi connectivity index (χ2v) is 7.35. The molecule has 1 unspecified atom stereocenters. The van der Waals surface area contributed by atoms with E-state index in [-0.39, 0.29) is 17.4 Å². The Balaban J connectivity index is 2.25. The summed E-state index contributed by atoms with van der Waals surface area (Å²) >= 11 is 1.55. The van der Waals surface area contributed by atoms with Crippen LogP contribution in [0.1, 0.15) is 32.6 Å². The predicted molar refractivity (Wildman–Crippen MR) is 87.5 cm³/mol. The Morgan fingerprint density at radius 3 is 2.67 bits per heavy atom. The zero-order chi connectivity index (χ0) is 15.8. The monoisotopic (exact) mass is 307 g/mol. The minimum absolute atomic E-state index is 0.0835. The first-order valence-corrected chi connectivity index (χ1v) is 7.59. The first kappa shape index (κ1) is 15.5. The Morgan fingerprint density at radius 1 is 1.38 bits per heavy atom. The minimum Gasteiger partial charge on any atom is -0.368 e. The van der Waals surface area contributed by atoms with E-state index in [2.05, 4.69) is 20.6 Å². The van der Waals surface area contributed by atoms with Crippen LogP contribution in [-0.2, 0) is 4.79 Å². The van der Waals surface area contributed by atoms with Gasteiger partial charge in [0.15, 0.2) is 0 Å². The van der Waals surface area contributed by atoms with Crippen molar-refractivity contribution in [2.24, 2.45) is 0 Å². The number of carbonyl (C=O) groups is 1. The lowest BCUT2D eigenvalue weighted by atomic mass is 10.1. The Morgan fingerprint density at radius 2 is 2.05 bits per heavy atom. The molecule has 1 amide bonds. The maximum Gasteiger partial charge on any atom is 0.242 e. The molecular weight excluding hydrogens is 286 g/mol. The molecule has 0 fully saturated rings. The zero-order valence-electron chi connectivity index (χ0n) is 12.9. The van der Waals surface area contributed by atoms with E-state index >= 15 is 0 Å². The molecule has 7 heteroatoms. The molecule has 2 aromatic rings. The zero-order valence-corrected chi connectivity index (χ0v) is 13.8. The van der Waals surface area contributed by atoms with Gasteiger partial charge in [0.25, 0.3) is 0 Å². The largest absolute Gasteiger partial charge is 0.368 e. The van der Waals surface area contributed by atoms with Gasteiger partial charge in [-0.2, -0.15) is 4.98 Å². The van der Waals surface area contributed by atoms with E-state index < -0.39 is 6.04 Å². The Kier molecular flexibility index (Phi) is 4.04. The van der Waals surface area contributed by atoms with Crippen LogP contribution < -0.4 is 16.4 Å². The maximum atomic E-state index is 12.1. The number of thiophene rings is 1. The van der Waals surface area contributed by atoms with Gasteiger partial charge in [-0.05, 0) is 40.7 Å². The highest BCUT2D eigenvalue weighted by atomic mass is 32.1. The van der Waals surface area contributed by atoms with Crippen molar-refractivity contribution in [2.75, 3.05) is 11.1 Å². The summed E-state index contributed by atoms with van der Waals surface area (Å²) in [5.74, 6) is 0.716. The molecule has 0 saturated carbocycles. The highest BCUT2D eigenvalue weighted by Gasteiger charge is 2.20. The lowest BCUT2D eigenvalue weighted by Gasteiger charge is -2.24. The van der Waals surface area contributed by atoms with Crippen LogP contribution in [-0.4, -0.2) is 27.5 Å². The van der Waals surface area contributed by atoms with Crippen LogP contribution >= 0.6 is 11.3 Å². The third kappa shape index (κ3) is 3.81. The third-order valence-electron chi connectivity index (χ3n) is 2.78. The van der Waals surface area contributed by atoms with E-state index in [0.717, 1.165) is 15.1 Å². The Bertz CT molecular complexity index is 674. The highest BCUT2D eigenvalue weighted by molar-refractivity contribution is 7.18. The third-order valence-corrected chi connectivity index (χ3v) is 3.72. The molecule has 0 aromatic carbocycles. The van der Waals surface area contributed by atoms with E-state index in [1.54, 1.807) is 18.3 Å². The first-order chi connectivity index (χ1) is 9.65. The van der Waals surface area contributed by atoms with Crippen molar-refractivity contribution >= 4 is 39.2 Å². The topological polar surface area (TPSA) is 92.9 Å². The fraction of sp³-hybridized carbons (Fsp3) is 0.500. The lowest BCUT2D eigenvalue weighted by molar-refractivity contribution is -0.122. The molecule has 4 N–H and O–H groups in total. The van der Waals surface area contributed by atoms with Crippen molar-refractivity contribution in [2.45, 2.75) is 46.2 Å². The smallest absolute Gasteiger partial charge is 0.242 e. The summed E-state index contributed by atoms with van der Waals surface area (Å²) in [5.41, 5.74) is 5.46. The molecule has 0 spiro atoms. The van der Waals surface area contributed by atoms with E-state index in [4.69, 9.17) is 5.73 Å². The number of carbonyl (C=O) groups excluding carboxylic acids is 1. The summed E-state index contributed by atoms with van der Waals surface area (Å²) in [6.07, 6.45) is 0. The maximum absolute atomic E-state index is 12.1. The number of aromatic nitrogens is 2. The van der Waals surface area contributed by atoms with Crippen LogP contribution in [0.25, 0.3) is 10.2 Å². The van der Waals surface area contributed by atoms with Gasteiger partial charge in [0.2, 0.25) is 11.9 Å². The van der Waals surface area contributed by atoms with E-state index in [0.29, 0.717) is 5.82 Å². The minimum atomic E-state index is -0.415. The van der Waals surface area contributed by atoms with Crippen molar-refractivity contribution in [3.05, 3.63) is 10.9 Å². The van der Waals surface area contributed by atoms with E-state index in [1.807, 2.05) is 33.8 Å². The summed E-state index contributed by atoms with van der Waals surface area (Å²) in [5, 5.41) is 6.95. The van der Waals surface area contributed by atoms with Crippen LogP contribution in [0.4, 0.5) is 11.8 Å². The van der Waals surface area contributed by atoms with E-state index in [9.17, 15) is 4.79 Å². The highest BCUT2D eigenvalue weighted by Crippen LogP contribution is 2.29. The molecule has 2 rings (SSSR count). The molecule has 114 valence electrons. The van der Waals surface area contributed by atoms with E-state index in [1.165, 1.54) is 0 Å². The van der Waals surface area contributed by atoms with Crippen molar-refractivity contribution < 1.29 is 4.79 Å². The number of hydrogen-bond donors (Lipinski definition) is 3. The lowest BCUT2D eigenvalue weighted by Crippen LogP contribution is -2.47. The van der Waals surface area contributed by atoms with Gasteiger partial charge in [-0.25, -0.2) is 4.98 Å². The van der Waals surface area contributed by atoms with Crippen LogP contribution in [0, 0.1) is 6.92 Å². The molecule has 0 aliphatic carbocycles. The van der Waals surface area contributed by atoms with Crippen LogP contribution in [0.2, 0.25) is 0 Å². The second kappa shape index (κ2) is 5.48. The average molecular weight is 307 g/mol. The van der Waals surface area contributed by atoms with Gasteiger partial charge < -0.3 is 16.4 Å². The number of nitrogens with zero attached hydrogens (tertiary/aromatic N) is 2. The fourth-order valence-electron chi connectivity index (χ4n) is 1.92. The number of nitrogen functional groups attached to an aromatic ring is 1. The van der Waals surface area contributed by atoms with Crippen molar-refractivity contribution in [1.82, 2.24) is 15.3 Å². The first-order valence-electron chi connectivity index (χ1n) is 6.78. The molecule has 1 atom stereocenters. The number of fused-ring (bicyclic) bond motifs is 1. The molecule has 2 aromatic heterocycles. The van der Waals surface area contributed by atoms with Gasteiger partial charge in [-0.3, -0.25) is 4.79 Å². The summed E-state index contributed by atoms with van der Waals surface area (Å²) in [6.45, 7) is 9.63. The summed E-state index contributed by atoms with van der Waals surface area (Å²) < 4.78 is 0. The van der Waals surface area contributed by atoms with Gasteiger partial charge in [0.05, 0.1) is 5.39 Å². The normalized spacial score (nSPS) is 13.2. The Hall–Kier alpha value is -1.89. The molecule has 2 heterocycles. The summed E-state index contributed by atoms with van der Waals surface area (Å²) in [6, 6.07) is 1.58. The van der Waals surface area contributed by atoms with Gasteiger partial charge in [-0.1, -0.05) is 0 Å². The Labute approximate surface area is 128 Å². The molecule has 0 saturated heterocycles. The number of amides is 1. The quantitative estimate of drug-likeness (QED) is 0.809. The SMILES string of the molecule is Cc1cc2c(NC(C)C(=O)NC(C)(C)C)nc(N)nc2s1. The number of aryl methyl sites for hydroxylation is 1. The van der Waals surface area contributed by atoms with Crippen LogP contribution in [0.5, 0.6) is 0 Å².